The fourth-order valence-electron chi connectivity index (χ4n) is 4.26. The Morgan fingerprint density at radius 2 is 2.07 bits per heavy atom. The summed E-state index contributed by atoms with van der Waals surface area (Å²) in [6.07, 6.45) is 1.81. The van der Waals surface area contributed by atoms with E-state index in [-0.39, 0.29) is 6.61 Å². The van der Waals surface area contributed by atoms with E-state index < -0.39 is 0 Å². The lowest BCUT2D eigenvalue weighted by molar-refractivity contribution is 0.0494. The van der Waals surface area contributed by atoms with Gasteiger partial charge in [0.25, 0.3) is 0 Å². The number of ether oxygens (including phenoxy) is 1. The van der Waals surface area contributed by atoms with E-state index in [1.165, 1.54) is 16.8 Å². The van der Waals surface area contributed by atoms with E-state index in [1.54, 1.807) is 7.11 Å². The SMILES string of the molecule is COc1ccc(CN2CCN(Cc3cc(CC(C)C)n[nH]3)CC2CCO)cc1C. The first-order valence-corrected chi connectivity index (χ1v) is 10.7. The zero-order valence-corrected chi connectivity index (χ0v) is 18.3. The van der Waals surface area contributed by atoms with E-state index in [1.807, 2.05) is 0 Å². The number of hydrogen-bond donors (Lipinski definition) is 2. The number of nitrogens with zero attached hydrogens (tertiary/aromatic N) is 3. The van der Waals surface area contributed by atoms with Crippen LogP contribution in [0.15, 0.2) is 24.3 Å². The van der Waals surface area contributed by atoms with E-state index in [0.29, 0.717) is 12.0 Å². The predicted octanol–water partition coefficient (Wildman–Crippen LogP) is 2.99. The summed E-state index contributed by atoms with van der Waals surface area (Å²) in [5.74, 6) is 1.55. The quantitative estimate of drug-likeness (QED) is 0.677. The third kappa shape index (κ3) is 6.04. The maximum absolute atomic E-state index is 9.60. The topological polar surface area (TPSA) is 64.6 Å². The van der Waals surface area contributed by atoms with Crippen LogP contribution in [0.4, 0.5) is 0 Å². The predicted molar refractivity (Wildman–Crippen MR) is 116 cm³/mol. The summed E-state index contributed by atoms with van der Waals surface area (Å²) in [5.41, 5.74) is 4.79. The van der Waals surface area contributed by atoms with E-state index in [0.717, 1.165) is 57.0 Å². The van der Waals surface area contributed by atoms with Crippen LogP contribution < -0.4 is 4.74 Å². The van der Waals surface area contributed by atoms with Crippen molar-refractivity contribution >= 4 is 0 Å². The summed E-state index contributed by atoms with van der Waals surface area (Å²) in [6, 6.07) is 8.97. The fraction of sp³-hybridized carbons (Fsp3) is 0.609. The van der Waals surface area contributed by atoms with Gasteiger partial charge in [0.15, 0.2) is 0 Å². The van der Waals surface area contributed by atoms with E-state index in [2.05, 4.69) is 65.0 Å². The number of aromatic nitrogens is 2. The monoisotopic (exact) mass is 400 g/mol. The molecule has 29 heavy (non-hydrogen) atoms. The van der Waals surface area contributed by atoms with Crippen LogP contribution in [-0.2, 0) is 19.5 Å². The van der Waals surface area contributed by atoms with Gasteiger partial charge in [-0.05, 0) is 48.9 Å². The number of hydrogen-bond acceptors (Lipinski definition) is 5. The number of aliphatic hydroxyl groups excluding tert-OH is 1. The van der Waals surface area contributed by atoms with E-state index in [9.17, 15) is 5.11 Å². The number of aliphatic hydroxyl groups is 1. The van der Waals surface area contributed by atoms with Crippen LogP contribution in [0.2, 0.25) is 0 Å². The van der Waals surface area contributed by atoms with Gasteiger partial charge in [-0.2, -0.15) is 5.10 Å². The molecule has 6 nitrogen and oxygen atoms in total. The highest BCUT2D eigenvalue weighted by Gasteiger charge is 2.27. The first kappa shape index (κ1) is 21.8. The second-order valence-electron chi connectivity index (χ2n) is 8.66. The molecule has 2 N–H and O–H groups in total. The van der Waals surface area contributed by atoms with Crippen molar-refractivity contribution in [2.45, 2.75) is 52.7 Å². The number of benzene rings is 1. The molecule has 1 aliphatic heterocycles. The summed E-state index contributed by atoms with van der Waals surface area (Å²) in [6.45, 7) is 11.5. The van der Waals surface area contributed by atoms with Crippen LogP contribution in [0.25, 0.3) is 0 Å². The highest BCUT2D eigenvalue weighted by atomic mass is 16.5. The Bertz CT molecular complexity index is 774. The zero-order chi connectivity index (χ0) is 20.8. The Morgan fingerprint density at radius 1 is 1.24 bits per heavy atom. The number of piperazine rings is 1. The number of aryl methyl sites for hydroxylation is 1. The highest BCUT2D eigenvalue weighted by Crippen LogP contribution is 2.22. The van der Waals surface area contributed by atoms with Gasteiger partial charge in [-0.15, -0.1) is 0 Å². The first-order chi connectivity index (χ1) is 14.0. The van der Waals surface area contributed by atoms with Crippen molar-refractivity contribution in [1.82, 2.24) is 20.0 Å². The maximum Gasteiger partial charge on any atom is 0.121 e. The van der Waals surface area contributed by atoms with Crippen LogP contribution >= 0.6 is 0 Å². The Hall–Kier alpha value is -1.89. The molecule has 6 heteroatoms. The van der Waals surface area contributed by atoms with Crippen molar-refractivity contribution in [1.29, 1.82) is 0 Å². The molecule has 1 aromatic heterocycles. The van der Waals surface area contributed by atoms with Crippen LogP contribution in [0.1, 0.15) is 42.8 Å². The van der Waals surface area contributed by atoms with Crippen LogP contribution in [-0.4, -0.2) is 64.5 Å². The van der Waals surface area contributed by atoms with Crippen molar-refractivity contribution in [3.63, 3.8) is 0 Å². The molecule has 0 radical (unpaired) electrons. The standard InChI is InChI=1S/C23H36N4O2/c1-17(2)11-20-13-21(25-24-20)15-26-8-9-27(22(16-26)7-10-28)14-19-5-6-23(29-4)18(3)12-19/h5-6,12-13,17,22,28H,7-11,14-16H2,1-4H3,(H,24,25). The van der Waals surface area contributed by atoms with Gasteiger partial charge in [0.2, 0.25) is 0 Å². The third-order valence-electron chi connectivity index (χ3n) is 5.69. The second kappa shape index (κ2) is 10.2. The smallest absolute Gasteiger partial charge is 0.121 e. The molecule has 1 fully saturated rings. The average Bonchev–Trinajstić information content (AvgIpc) is 3.10. The molecule has 3 rings (SSSR count). The summed E-state index contributed by atoms with van der Waals surface area (Å²) in [7, 11) is 1.71. The Morgan fingerprint density at radius 3 is 2.76 bits per heavy atom. The van der Waals surface area contributed by atoms with Gasteiger partial charge in [-0.1, -0.05) is 26.0 Å². The van der Waals surface area contributed by atoms with E-state index >= 15 is 0 Å². The van der Waals surface area contributed by atoms with Crippen molar-refractivity contribution in [2.75, 3.05) is 33.4 Å². The summed E-state index contributed by atoms with van der Waals surface area (Å²) < 4.78 is 5.38. The normalized spacial score (nSPS) is 18.5. The second-order valence-corrected chi connectivity index (χ2v) is 8.66. The third-order valence-corrected chi connectivity index (χ3v) is 5.69. The molecule has 1 atom stereocenters. The molecular weight excluding hydrogens is 364 g/mol. The van der Waals surface area contributed by atoms with Crippen molar-refractivity contribution in [3.05, 3.63) is 46.8 Å². The highest BCUT2D eigenvalue weighted by molar-refractivity contribution is 5.36. The molecular formula is C23H36N4O2. The van der Waals surface area contributed by atoms with Crippen molar-refractivity contribution < 1.29 is 9.84 Å². The zero-order valence-electron chi connectivity index (χ0n) is 18.3. The number of H-pyrrole nitrogens is 1. The molecule has 1 saturated heterocycles. The van der Waals surface area contributed by atoms with Crippen LogP contribution in [0, 0.1) is 12.8 Å². The van der Waals surface area contributed by atoms with Crippen LogP contribution in [0.5, 0.6) is 5.75 Å². The summed E-state index contributed by atoms with van der Waals surface area (Å²) in [5, 5.41) is 17.3. The number of rotatable bonds is 9. The van der Waals surface area contributed by atoms with Gasteiger partial charge in [0.1, 0.15) is 5.75 Å². The molecule has 2 aromatic rings. The summed E-state index contributed by atoms with van der Waals surface area (Å²) in [4.78, 5) is 4.98. The fourth-order valence-corrected chi connectivity index (χ4v) is 4.26. The average molecular weight is 401 g/mol. The Balaban J connectivity index is 1.60. The molecule has 160 valence electrons. The maximum atomic E-state index is 9.60. The van der Waals surface area contributed by atoms with Gasteiger partial charge in [0, 0.05) is 51.1 Å². The van der Waals surface area contributed by atoms with Gasteiger partial charge in [-0.3, -0.25) is 14.9 Å². The lowest BCUT2D eigenvalue weighted by Crippen LogP contribution is -2.52. The Kier molecular flexibility index (Phi) is 7.70. The number of methoxy groups -OCH3 is 1. The molecule has 0 saturated carbocycles. The van der Waals surface area contributed by atoms with Crippen molar-refractivity contribution in [2.24, 2.45) is 5.92 Å². The van der Waals surface area contributed by atoms with Gasteiger partial charge in [0.05, 0.1) is 12.8 Å². The van der Waals surface area contributed by atoms with Gasteiger partial charge < -0.3 is 9.84 Å². The molecule has 2 heterocycles. The minimum absolute atomic E-state index is 0.221. The molecule has 0 aliphatic carbocycles. The van der Waals surface area contributed by atoms with Crippen LogP contribution in [0.3, 0.4) is 0 Å². The molecule has 0 amide bonds. The van der Waals surface area contributed by atoms with Crippen molar-refractivity contribution in [3.8, 4) is 5.75 Å². The molecule has 0 bridgehead atoms. The minimum Gasteiger partial charge on any atom is -0.496 e. The first-order valence-electron chi connectivity index (χ1n) is 10.7. The molecule has 1 unspecified atom stereocenters. The summed E-state index contributed by atoms with van der Waals surface area (Å²) >= 11 is 0. The van der Waals surface area contributed by atoms with E-state index in [4.69, 9.17) is 4.74 Å². The number of aromatic amines is 1. The molecule has 0 spiro atoms. The Labute approximate surface area is 174 Å². The molecule has 1 aromatic carbocycles. The largest absolute Gasteiger partial charge is 0.496 e. The minimum atomic E-state index is 0.221. The molecule has 1 aliphatic rings. The van der Waals surface area contributed by atoms with Gasteiger partial charge >= 0.3 is 0 Å². The lowest BCUT2D eigenvalue weighted by Gasteiger charge is -2.41. The number of nitrogens with one attached hydrogen (secondary N) is 1. The van der Waals surface area contributed by atoms with Gasteiger partial charge in [-0.25, -0.2) is 0 Å². The lowest BCUT2D eigenvalue weighted by atomic mass is 10.0.